The van der Waals surface area contributed by atoms with Gasteiger partial charge in [0.05, 0.1) is 0 Å². The molecule has 1 aromatic rings. The maximum atomic E-state index is 4.00. The van der Waals surface area contributed by atoms with E-state index in [1.54, 1.807) is 0 Å². The van der Waals surface area contributed by atoms with Gasteiger partial charge in [0.1, 0.15) is 0 Å². The number of allylic oxidation sites excluding steroid dienone is 4. The zero-order chi connectivity index (χ0) is 14.9. The highest BCUT2D eigenvalue weighted by molar-refractivity contribution is 5.28. The monoisotopic (exact) mass is 254 g/mol. The minimum atomic E-state index is 0.207. The maximum absolute atomic E-state index is 4.00. The van der Waals surface area contributed by atoms with Crippen molar-refractivity contribution in [3.8, 4) is 12.8 Å². The smallest absolute Gasteiger partial charge is 0.00690 e. The maximum Gasteiger partial charge on any atom is -0.00690 e. The molecule has 0 aliphatic heterocycles. The van der Waals surface area contributed by atoms with E-state index < -0.39 is 0 Å². The van der Waals surface area contributed by atoms with Crippen LogP contribution in [0.2, 0.25) is 0 Å². The van der Waals surface area contributed by atoms with Crippen LogP contribution in [0.15, 0.2) is 48.1 Å². The highest BCUT2D eigenvalue weighted by atomic mass is 14.2. The van der Waals surface area contributed by atoms with Crippen molar-refractivity contribution >= 4 is 0 Å². The molecule has 0 fully saturated rings. The summed E-state index contributed by atoms with van der Waals surface area (Å²) in [5.74, 6) is 0. The minimum absolute atomic E-state index is 0.207. The van der Waals surface area contributed by atoms with Crippen LogP contribution in [0.5, 0.6) is 0 Å². The van der Waals surface area contributed by atoms with Crippen LogP contribution >= 0.6 is 0 Å². The third kappa shape index (κ3) is 6.11. The first-order chi connectivity index (χ1) is 8.95. The topological polar surface area (TPSA) is 0 Å². The van der Waals surface area contributed by atoms with E-state index in [0.717, 1.165) is 6.42 Å². The fourth-order valence-corrected chi connectivity index (χ4v) is 1.76. The molecule has 0 saturated heterocycles. The summed E-state index contributed by atoms with van der Waals surface area (Å²) in [6.07, 6.45) is 15.7. The predicted molar refractivity (Wildman–Crippen MR) is 87.3 cm³/mol. The standard InChI is InChI=1S/C17H24.C2H2/c1-6-14(2)8-7-13-17(4,5)16-11-9-15(3)10-12-16;1-2/h6-12H,13H2,1-5H3;1-2H/b8-7-,14-6-;. The quantitative estimate of drug-likeness (QED) is 0.496. The Morgan fingerprint density at radius 1 is 1.16 bits per heavy atom. The summed E-state index contributed by atoms with van der Waals surface area (Å²) in [4.78, 5) is 0. The largest absolute Gasteiger partial charge is 0.124 e. The van der Waals surface area contributed by atoms with Gasteiger partial charge in [-0.3, -0.25) is 0 Å². The third-order valence-corrected chi connectivity index (χ3v) is 3.30. The van der Waals surface area contributed by atoms with Crippen LogP contribution in [0.3, 0.4) is 0 Å². The molecule has 0 heterocycles. The summed E-state index contributed by atoms with van der Waals surface area (Å²) < 4.78 is 0. The van der Waals surface area contributed by atoms with Gasteiger partial charge in [-0.05, 0) is 38.2 Å². The highest BCUT2D eigenvalue weighted by Gasteiger charge is 2.18. The van der Waals surface area contributed by atoms with Crippen LogP contribution in [0, 0.1) is 19.8 Å². The van der Waals surface area contributed by atoms with Gasteiger partial charge < -0.3 is 0 Å². The van der Waals surface area contributed by atoms with Crippen LogP contribution in [0.25, 0.3) is 0 Å². The number of aryl methyl sites for hydroxylation is 1. The van der Waals surface area contributed by atoms with Crippen molar-refractivity contribution in [1.82, 2.24) is 0 Å². The van der Waals surface area contributed by atoms with Gasteiger partial charge in [-0.15, -0.1) is 12.8 Å². The van der Waals surface area contributed by atoms with Gasteiger partial charge in [0.15, 0.2) is 0 Å². The summed E-state index contributed by atoms with van der Waals surface area (Å²) in [6, 6.07) is 8.87. The van der Waals surface area contributed by atoms with E-state index in [1.807, 2.05) is 0 Å². The molecule has 0 nitrogen and oxygen atoms in total. The van der Waals surface area contributed by atoms with Crippen molar-refractivity contribution in [3.63, 3.8) is 0 Å². The molecular weight excluding hydrogens is 228 g/mol. The fourth-order valence-electron chi connectivity index (χ4n) is 1.76. The Bertz CT molecular complexity index is 439. The molecule has 0 aliphatic carbocycles. The molecule has 19 heavy (non-hydrogen) atoms. The van der Waals surface area contributed by atoms with Gasteiger partial charge in [-0.1, -0.05) is 67.5 Å². The Balaban J connectivity index is 0.00000154. The summed E-state index contributed by atoms with van der Waals surface area (Å²) in [5, 5.41) is 0. The number of hydrogen-bond donors (Lipinski definition) is 0. The SMILES string of the molecule is C#C.C/C=C(C)\C=C/CC(C)(C)c1ccc(C)cc1. The Labute approximate surface area is 119 Å². The average Bonchev–Trinajstić information content (AvgIpc) is 2.41. The Morgan fingerprint density at radius 2 is 1.68 bits per heavy atom. The van der Waals surface area contributed by atoms with Crippen LogP contribution < -0.4 is 0 Å². The van der Waals surface area contributed by atoms with E-state index in [1.165, 1.54) is 16.7 Å². The highest BCUT2D eigenvalue weighted by Crippen LogP contribution is 2.27. The molecule has 1 rings (SSSR count). The molecule has 0 radical (unpaired) electrons. The molecule has 0 aromatic heterocycles. The Hall–Kier alpha value is -1.74. The number of terminal acetylenes is 1. The van der Waals surface area contributed by atoms with Gasteiger partial charge in [0.2, 0.25) is 0 Å². The Morgan fingerprint density at radius 3 is 2.16 bits per heavy atom. The first kappa shape index (κ1) is 17.3. The van der Waals surface area contributed by atoms with Crippen LogP contribution in [-0.2, 0) is 5.41 Å². The molecular formula is C19H26. The first-order valence-electron chi connectivity index (χ1n) is 6.65. The molecule has 0 aliphatic rings. The van der Waals surface area contributed by atoms with Crippen molar-refractivity contribution in [2.24, 2.45) is 0 Å². The molecule has 0 bridgehead atoms. The van der Waals surface area contributed by atoms with E-state index in [2.05, 4.69) is 90.0 Å². The average molecular weight is 254 g/mol. The predicted octanol–water partition coefficient (Wildman–Crippen LogP) is 5.43. The lowest BCUT2D eigenvalue weighted by atomic mass is 9.81. The second kappa shape index (κ2) is 8.38. The van der Waals surface area contributed by atoms with Crippen LogP contribution in [0.1, 0.15) is 45.2 Å². The van der Waals surface area contributed by atoms with E-state index in [-0.39, 0.29) is 5.41 Å². The lowest BCUT2D eigenvalue weighted by Crippen LogP contribution is -2.15. The molecule has 0 unspecified atom stereocenters. The van der Waals surface area contributed by atoms with E-state index in [0.29, 0.717) is 0 Å². The van der Waals surface area contributed by atoms with Crippen molar-refractivity contribution in [2.75, 3.05) is 0 Å². The molecule has 0 N–H and O–H groups in total. The van der Waals surface area contributed by atoms with E-state index in [4.69, 9.17) is 0 Å². The van der Waals surface area contributed by atoms with Crippen molar-refractivity contribution in [3.05, 3.63) is 59.2 Å². The minimum Gasteiger partial charge on any atom is -0.124 e. The molecule has 102 valence electrons. The first-order valence-corrected chi connectivity index (χ1v) is 6.65. The molecule has 1 aromatic carbocycles. The zero-order valence-electron chi connectivity index (χ0n) is 12.9. The Kier molecular flexibility index (Phi) is 7.61. The summed E-state index contributed by atoms with van der Waals surface area (Å²) in [7, 11) is 0. The van der Waals surface area contributed by atoms with E-state index in [9.17, 15) is 0 Å². The van der Waals surface area contributed by atoms with Gasteiger partial charge >= 0.3 is 0 Å². The summed E-state index contributed by atoms with van der Waals surface area (Å²) >= 11 is 0. The summed E-state index contributed by atoms with van der Waals surface area (Å²) in [5.41, 5.74) is 4.26. The van der Waals surface area contributed by atoms with Crippen molar-refractivity contribution in [1.29, 1.82) is 0 Å². The van der Waals surface area contributed by atoms with Gasteiger partial charge in [0.25, 0.3) is 0 Å². The second-order valence-electron chi connectivity index (χ2n) is 5.39. The fraction of sp³-hybridized carbons (Fsp3) is 0.368. The van der Waals surface area contributed by atoms with Crippen molar-refractivity contribution in [2.45, 2.75) is 46.5 Å². The molecule has 0 atom stereocenters. The number of rotatable bonds is 4. The molecule has 0 heteroatoms. The lowest BCUT2D eigenvalue weighted by Gasteiger charge is -2.23. The van der Waals surface area contributed by atoms with Crippen LogP contribution in [0.4, 0.5) is 0 Å². The van der Waals surface area contributed by atoms with Gasteiger partial charge in [-0.25, -0.2) is 0 Å². The number of hydrogen-bond acceptors (Lipinski definition) is 0. The second-order valence-corrected chi connectivity index (χ2v) is 5.39. The van der Waals surface area contributed by atoms with Crippen molar-refractivity contribution < 1.29 is 0 Å². The zero-order valence-corrected chi connectivity index (χ0v) is 12.9. The molecule has 0 spiro atoms. The third-order valence-electron chi connectivity index (χ3n) is 3.30. The lowest BCUT2D eigenvalue weighted by molar-refractivity contribution is 0.534. The molecule has 0 amide bonds. The molecule has 0 saturated carbocycles. The number of benzene rings is 1. The van der Waals surface area contributed by atoms with Crippen LogP contribution in [-0.4, -0.2) is 0 Å². The summed E-state index contributed by atoms with van der Waals surface area (Å²) in [6.45, 7) is 10.9. The van der Waals surface area contributed by atoms with Gasteiger partial charge in [0, 0.05) is 0 Å². The van der Waals surface area contributed by atoms with E-state index >= 15 is 0 Å². The van der Waals surface area contributed by atoms with Gasteiger partial charge in [-0.2, -0.15) is 0 Å². The normalized spacial score (nSPS) is 12.1.